The predicted octanol–water partition coefficient (Wildman–Crippen LogP) is 0.0113. The van der Waals surface area contributed by atoms with Gasteiger partial charge in [0.05, 0.1) is 13.2 Å². The predicted molar refractivity (Wildman–Crippen MR) is 73.5 cm³/mol. The second-order valence-corrected chi connectivity index (χ2v) is 4.54. The van der Waals surface area contributed by atoms with Crippen LogP contribution < -0.4 is 16.4 Å². The lowest BCUT2D eigenvalue weighted by Gasteiger charge is -2.35. The van der Waals surface area contributed by atoms with Crippen LogP contribution in [0, 0.1) is 0 Å². The van der Waals surface area contributed by atoms with E-state index in [1.165, 1.54) is 0 Å². The average molecular weight is 265 g/mol. The highest BCUT2D eigenvalue weighted by Crippen LogP contribution is 2.20. The van der Waals surface area contributed by atoms with Crippen LogP contribution in [0.4, 0.5) is 5.69 Å². The number of hydrogen-bond donors (Lipinski definition) is 2. The van der Waals surface area contributed by atoms with Crippen LogP contribution in [0.1, 0.15) is 5.56 Å². The Balaban J connectivity index is 2.23. The molecule has 1 heterocycles. The second-order valence-electron chi connectivity index (χ2n) is 4.10. The summed E-state index contributed by atoms with van der Waals surface area (Å²) >= 11 is 4.90. The number of thiocarbonyl (C=S) groups is 1. The molecule has 0 aromatic heterocycles. The topological polar surface area (TPSA) is 81.6 Å². The van der Waals surface area contributed by atoms with Crippen LogP contribution in [-0.4, -0.2) is 36.7 Å². The Bertz CT molecular complexity index is 461. The summed E-state index contributed by atoms with van der Waals surface area (Å²) in [6.07, 6.45) is 0. The molecular formula is C12H15N3O2S. The van der Waals surface area contributed by atoms with Gasteiger partial charge in [-0.05, 0) is 24.3 Å². The summed E-state index contributed by atoms with van der Waals surface area (Å²) in [7, 11) is 0. The number of nitrogens with zero attached hydrogens (tertiary/aromatic N) is 1. The van der Waals surface area contributed by atoms with Crippen LogP contribution in [0.5, 0.6) is 0 Å². The van der Waals surface area contributed by atoms with Crippen molar-refractivity contribution in [3.8, 4) is 0 Å². The zero-order chi connectivity index (χ0) is 13.1. The molecule has 1 aromatic carbocycles. The van der Waals surface area contributed by atoms with Gasteiger partial charge in [0.2, 0.25) is 5.91 Å². The van der Waals surface area contributed by atoms with Crippen LogP contribution in [0.2, 0.25) is 0 Å². The molecular weight excluding hydrogens is 250 g/mol. The lowest BCUT2D eigenvalue weighted by Crippen LogP contribution is -2.52. The molecule has 1 saturated heterocycles. The van der Waals surface area contributed by atoms with E-state index in [1.807, 2.05) is 29.2 Å². The number of anilines is 1. The molecule has 5 nitrogen and oxygen atoms in total. The third kappa shape index (κ3) is 2.60. The zero-order valence-electron chi connectivity index (χ0n) is 9.83. The first-order chi connectivity index (χ1) is 8.59. The molecule has 1 fully saturated rings. The number of carbonyl (C=O) groups excluding carboxylic acids is 1. The van der Waals surface area contributed by atoms with Crippen molar-refractivity contribution in [2.75, 3.05) is 24.7 Å². The lowest BCUT2D eigenvalue weighted by molar-refractivity contribution is -0.121. The van der Waals surface area contributed by atoms with Gasteiger partial charge in [0.1, 0.15) is 11.0 Å². The number of nitrogens with two attached hydrogens (primary N) is 2. The standard InChI is InChI=1S/C12H15N3O2S/c13-11(16)10-7-17-6-5-15(10)9-3-1-8(2-4-9)12(14)18/h1-4,10H,5-7H2,(H2,13,16)(H2,14,18). The molecule has 1 unspecified atom stereocenters. The van der Waals surface area contributed by atoms with Crippen molar-refractivity contribution in [3.05, 3.63) is 29.8 Å². The number of amides is 1. The quantitative estimate of drug-likeness (QED) is 0.753. The Hall–Kier alpha value is -1.66. The Morgan fingerprint density at radius 3 is 2.56 bits per heavy atom. The molecule has 96 valence electrons. The van der Waals surface area contributed by atoms with Gasteiger partial charge in [0, 0.05) is 17.8 Å². The van der Waals surface area contributed by atoms with Crippen molar-refractivity contribution in [1.29, 1.82) is 0 Å². The molecule has 1 aliphatic rings. The van der Waals surface area contributed by atoms with E-state index in [4.69, 9.17) is 28.4 Å². The van der Waals surface area contributed by atoms with Gasteiger partial charge in [-0.1, -0.05) is 12.2 Å². The fourth-order valence-corrected chi connectivity index (χ4v) is 2.10. The first-order valence-corrected chi connectivity index (χ1v) is 6.04. The number of rotatable bonds is 3. The summed E-state index contributed by atoms with van der Waals surface area (Å²) in [5, 5.41) is 0. The number of primary amides is 1. The van der Waals surface area contributed by atoms with Gasteiger partial charge in [-0.3, -0.25) is 4.79 Å². The number of hydrogen-bond acceptors (Lipinski definition) is 4. The molecule has 1 atom stereocenters. The van der Waals surface area contributed by atoms with Crippen LogP contribution in [-0.2, 0) is 9.53 Å². The van der Waals surface area contributed by atoms with Crippen LogP contribution in [0.3, 0.4) is 0 Å². The van der Waals surface area contributed by atoms with Gasteiger partial charge in [0.25, 0.3) is 0 Å². The first kappa shape index (κ1) is 12.8. The van der Waals surface area contributed by atoms with Gasteiger partial charge in [-0.25, -0.2) is 0 Å². The molecule has 0 aliphatic carbocycles. The number of carbonyl (C=O) groups is 1. The summed E-state index contributed by atoms with van der Waals surface area (Å²) in [5.74, 6) is -0.381. The van der Waals surface area contributed by atoms with Crippen LogP contribution in [0.15, 0.2) is 24.3 Å². The minimum Gasteiger partial charge on any atom is -0.389 e. The number of morpholine rings is 1. The molecule has 6 heteroatoms. The smallest absolute Gasteiger partial charge is 0.242 e. The highest BCUT2D eigenvalue weighted by molar-refractivity contribution is 7.80. The van der Waals surface area contributed by atoms with Crippen LogP contribution in [0.25, 0.3) is 0 Å². The largest absolute Gasteiger partial charge is 0.389 e. The maximum Gasteiger partial charge on any atom is 0.242 e. The highest BCUT2D eigenvalue weighted by Gasteiger charge is 2.27. The molecule has 0 saturated carbocycles. The minimum absolute atomic E-state index is 0.326. The Labute approximate surface area is 111 Å². The van der Waals surface area contributed by atoms with E-state index in [0.29, 0.717) is 24.7 Å². The minimum atomic E-state index is -0.422. The first-order valence-electron chi connectivity index (χ1n) is 5.63. The lowest BCUT2D eigenvalue weighted by atomic mass is 10.1. The normalized spacial score (nSPS) is 19.6. The van der Waals surface area contributed by atoms with Crippen molar-refractivity contribution in [2.24, 2.45) is 11.5 Å². The van der Waals surface area contributed by atoms with E-state index in [9.17, 15) is 4.79 Å². The highest BCUT2D eigenvalue weighted by atomic mass is 32.1. The van der Waals surface area contributed by atoms with E-state index in [1.54, 1.807) is 0 Å². The Morgan fingerprint density at radius 1 is 1.33 bits per heavy atom. The van der Waals surface area contributed by atoms with E-state index < -0.39 is 6.04 Å². The van der Waals surface area contributed by atoms with Crippen molar-refractivity contribution in [2.45, 2.75) is 6.04 Å². The fraction of sp³-hybridized carbons (Fsp3) is 0.333. The summed E-state index contributed by atoms with van der Waals surface area (Å²) in [5.41, 5.74) is 12.6. The van der Waals surface area contributed by atoms with Gasteiger partial charge < -0.3 is 21.1 Å². The van der Waals surface area contributed by atoms with E-state index in [-0.39, 0.29) is 5.91 Å². The Kier molecular flexibility index (Phi) is 3.78. The molecule has 0 radical (unpaired) electrons. The third-order valence-corrected chi connectivity index (χ3v) is 3.18. The van der Waals surface area contributed by atoms with Crippen molar-refractivity contribution in [1.82, 2.24) is 0 Å². The van der Waals surface area contributed by atoms with Crippen molar-refractivity contribution >= 4 is 28.8 Å². The summed E-state index contributed by atoms with van der Waals surface area (Å²) < 4.78 is 5.27. The Morgan fingerprint density at radius 2 is 2.00 bits per heavy atom. The van der Waals surface area contributed by atoms with Gasteiger partial charge in [0.15, 0.2) is 0 Å². The molecule has 2 rings (SSSR count). The SMILES string of the molecule is NC(=O)C1COCCN1c1ccc(C(N)=S)cc1. The zero-order valence-corrected chi connectivity index (χ0v) is 10.7. The maximum atomic E-state index is 11.4. The molecule has 1 aliphatic heterocycles. The molecule has 4 N–H and O–H groups in total. The van der Waals surface area contributed by atoms with Crippen molar-refractivity contribution < 1.29 is 9.53 Å². The molecule has 18 heavy (non-hydrogen) atoms. The summed E-state index contributed by atoms with van der Waals surface area (Å²) in [6, 6.07) is 7.02. The summed E-state index contributed by atoms with van der Waals surface area (Å²) in [6.45, 7) is 1.55. The van der Waals surface area contributed by atoms with Gasteiger partial charge in [-0.15, -0.1) is 0 Å². The monoisotopic (exact) mass is 265 g/mol. The third-order valence-electron chi connectivity index (χ3n) is 2.94. The van der Waals surface area contributed by atoms with Crippen LogP contribution >= 0.6 is 12.2 Å². The van der Waals surface area contributed by atoms with Gasteiger partial charge in [-0.2, -0.15) is 0 Å². The fourth-order valence-electron chi connectivity index (χ4n) is 1.97. The van der Waals surface area contributed by atoms with Gasteiger partial charge >= 0.3 is 0 Å². The van der Waals surface area contributed by atoms with E-state index in [2.05, 4.69) is 0 Å². The molecule has 0 spiro atoms. The average Bonchev–Trinajstić information content (AvgIpc) is 2.39. The van der Waals surface area contributed by atoms with E-state index >= 15 is 0 Å². The summed E-state index contributed by atoms with van der Waals surface area (Å²) in [4.78, 5) is 13.7. The number of ether oxygens (including phenoxy) is 1. The molecule has 1 amide bonds. The molecule has 0 bridgehead atoms. The van der Waals surface area contributed by atoms with E-state index in [0.717, 1.165) is 11.3 Å². The second kappa shape index (κ2) is 5.32. The molecule has 1 aromatic rings. The maximum absolute atomic E-state index is 11.4. The number of benzene rings is 1. The van der Waals surface area contributed by atoms with Crippen molar-refractivity contribution in [3.63, 3.8) is 0 Å².